The Labute approximate surface area is 79.7 Å². The van der Waals surface area contributed by atoms with Crippen LogP contribution in [0, 0.1) is 0 Å². The number of hydrogen-bond donors (Lipinski definition) is 2. The summed E-state index contributed by atoms with van der Waals surface area (Å²) in [4.78, 5) is 13.2. The Hall–Kier alpha value is -0.610. The zero-order valence-corrected chi connectivity index (χ0v) is 8.47. The van der Waals surface area contributed by atoms with Gasteiger partial charge in [0.1, 0.15) is 0 Å². The van der Waals surface area contributed by atoms with Crippen molar-refractivity contribution in [2.75, 3.05) is 33.7 Å². The lowest BCUT2D eigenvalue weighted by Crippen LogP contribution is -2.56. The highest BCUT2D eigenvalue weighted by molar-refractivity contribution is 5.75. The molecule has 0 aromatic rings. The Morgan fingerprint density at radius 1 is 1.62 bits per heavy atom. The van der Waals surface area contributed by atoms with Gasteiger partial charge < -0.3 is 15.5 Å². The molecular formula is C9H19N3O. The van der Waals surface area contributed by atoms with Crippen LogP contribution in [0.3, 0.4) is 0 Å². The Morgan fingerprint density at radius 3 is 2.77 bits per heavy atom. The fourth-order valence-electron chi connectivity index (χ4n) is 1.38. The van der Waals surface area contributed by atoms with Gasteiger partial charge in [-0.05, 0) is 20.0 Å². The van der Waals surface area contributed by atoms with Gasteiger partial charge in [-0.25, -0.2) is 0 Å². The van der Waals surface area contributed by atoms with E-state index in [0.29, 0.717) is 12.5 Å². The van der Waals surface area contributed by atoms with Gasteiger partial charge in [-0.2, -0.15) is 0 Å². The van der Waals surface area contributed by atoms with Gasteiger partial charge in [-0.3, -0.25) is 4.79 Å². The van der Waals surface area contributed by atoms with Crippen molar-refractivity contribution in [2.24, 2.45) is 0 Å². The van der Waals surface area contributed by atoms with Crippen LogP contribution in [0.4, 0.5) is 0 Å². The lowest BCUT2D eigenvalue weighted by atomic mass is 10.1. The minimum absolute atomic E-state index is 0.139. The molecule has 1 fully saturated rings. The van der Waals surface area contributed by atoms with Crippen LogP contribution in [0.25, 0.3) is 0 Å². The molecule has 0 aromatic heterocycles. The van der Waals surface area contributed by atoms with Crippen LogP contribution in [0.5, 0.6) is 0 Å². The zero-order valence-electron chi connectivity index (χ0n) is 8.47. The Balaban J connectivity index is 2.01. The summed E-state index contributed by atoms with van der Waals surface area (Å²) >= 11 is 0. The summed E-state index contributed by atoms with van der Waals surface area (Å²) in [6.45, 7) is 3.20. The molecule has 1 amide bonds. The third kappa shape index (κ3) is 3.32. The highest BCUT2D eigenvalue weighted by Crippen LogP contribution is 2.03. The molecule has 0 aromatic carbocycles. The topological polar surface area (TPSA) is 44.4 Å². The van der Waals surface area contributed by atoms with Crippen LogP contribution in [0.2, 0.25) is 0 Å². The number of rotatable bonds is 5. The Kier molecular flexibility index (Phi) is 4.18. The third-order valence-electron chi connectivity index (χ3n) is 2.58. The number of carbonyl (C=O) groups is 1. The van der Waals surface area contributed by atoms with Gasteiger partial charge in [0.05, 0.1) is 0 Å². The molecule has 0 saturated carbocycles. The van der Waals surface area contributed by atoms with Crippen molar-refractivity contribution in [1.29, 1.82) is 0 Å². The lowest BCUT2D eigenvalue weighted by Gasteiger charge is -2.35. The van der Waals surface area contributed by atoms with Gasteiger partial charge in [0.15, 0.2) is 0 Å². The highest BCUT2D eigenvalue weighted by atomic mass is 16.1. The van der Waals surface area contributed by atoms with Crippen molar-refractivity contribution in [1.82, 2.24) is 15.5 Å². The van der Waals surface area contributed by atoms with Crippen molar-refractivity contribution < 1.29 is 4.79 Å². The van der Waals surface area contributed by atoms with Crippen LogP contribution >= 0.6 is 0 Å². The minimum Gasteiger partial charge on any atom is -0.359 e. The van der Waals surface area contributed by atoms with Crippen LogP contribution in [-0.4, -0.2) is 50.6 Å². The molecule has 2 N–H and O–H groups in total. The molecule has 0 spiro atoms. The van der Waals surface area contributed by atoms with E-state index in [2.05, 4.69) is 22.6 Å². The molecule has 1 aliphatic rings. The number of carbonyl (C=O) groups excluding carboxylic acids is 1. The van der Waals surface area contributed by atoms with Gasteiger partial charge in [0.2, 0.25) is 5.91 Å². The lowest BCUT2D eigenvalue weighted by molar-refractivity contribution is -0.120. The maximum Gasteiger partial charge on any atom is 0.219 e. The van der Waals surface area contributed by atoms with E-state index < -0.39 is 0 Å². The van der Waals surface area contributed by atoms with Gasteiger partial charge in [0, 0.05) is 32.6 Å². The van der Waals surface area contributed by atoms with Crippen molar-refractivity contribution in [3.8, 4) is 0 Å². The fraction of sp³-hybridized carbons (Fsp3) is 0.889. The van der Waals surface area contributed by atoms with Crippen molar-refractivity contribution in [3.63, 3.8) is 0 Å². The second-order valence-corrected chi connectivity index (χ2v) is 3.57. The average molecular weight is 185 g/mol. The maximum atomic E-state index is 10.9. The van der Waals surface area contributed by atoms with Gasteiger partial charge >= 0.3 is 0 Å². The summed E-state index contributed by atoms with van der Waals surface area (Å²) in [5.74, 6) is 0.139. The number of hydrogen-bond acceptors (Lipinski definition) is 3. The molecular weight excluding hydrogens is 166 g/mol. The molecule has 1 rings (SSSR count). The Morgan fingerprint density at radius 2 is 2.31 bits per heavy atom. The summed E-state index contributed by atoms with van der Waals surface area (Å²) < 4.78 is 0. The van der Waals surface area contributed by atoms with Crippen molar-refractivity contribution in [3.05, 3.63) is 0 Å². The van der Waals surface area contributed by atoms with Crippen LogP contribution < -0.4 is 10.6 Å². The van der Waals surface area contributed by atoms with E-state index in [0.717, 1.165) is 26.1 Å². The number of amides is 1. The van der Waals surface area contributed by atoms with Gasteiger partial charge in [0.25, 0.3) is 0 Å². The van der Waals surface area contributed by atoms with E-state index in [4.69, 9.17) is 0 Å². The second-order valence-electron chi connectivity index (χ2n) is 3.57. The highest BCUT2D eigenvalue weighted by Gasteiger charge is 2.20. The van der Waals surface area contributed by atoms with E-state index >= 15 is 0 Å². The molecule has 13 heavy (non-hydrogen) atoms. The number of likely N-dealkylation sites (N-methyl/N-ethyl adjacent to an activating group) is 1. The monoisotopic (exact) mass is 185 g/mol. The van der Waals surface area contributed by atoms with E-state index in [1.165, 1.54) is 0 Å². The standard InChI is InChI=1S/C9H19N3O/c1-10-9(13)4-3-5-12(2)8-6-11-7-8/h8,11H,3-7H2,1-2H3,(H,10,13). The van der Waals surface area contributed by atoms with E-state index in [9.17, 15) is 4.79 Å². The Bertz CT molecular complexity index is 168. The average Bonchev–Trinajstić information content (AvgIpc) is 2.01. The van der Waals surface area contributed by atoms with Crippen molar-refractivity contribution in [2.45, 2.75) is 18.9 Å². The van der Waals surface area contributed by atoms with E-state index in [1.54, 1.807) is 7.05 Å². The first-order valence-electron chi connectivity index (χ1n) is 4.85. The van der Waals surface area contributed by atoms with Gasteiger partial charge in [-0.1, -0.05) is 0 Å². The largest absolute Gasteiger partial charge is 0.359 e. The van der Waals surface area contributed by atoms with Crippen molar-refractivity contribution >= 4 is 5.91 Å². The summed E-state index contributed by atoms with van der Waals surface area (Å²) in [5, 5.41) is 5.86. The molecule has 0 unspecified atom stereocenters. The molecule has 1 aliphatic heterocycles. The van der Waals surface area contributed by atoms with E-state index in [-0.39, 0.29) is 5.91 Å². The maximum absolute atomic E-state index is 10.9. The molecule has 0 bridgehead atoms. The third-order valence-corrected chi connectivity index (χ3v) is 2.58. The molecule has 76 valence electrons. The summed E-state index contributed by atoms with van der Waals surface area (Å²) in [6.07, 6.45) is 1.59. The summed E-state index contributed by atoms with van der Waals surface area (Å²) in [7, 11) is 3.80. The second kappa shape index (κ2) is 5.19. The molecule has 0 radical (unpaired) electrons. The van der Waals surface area contributed by atoms with Crippen LogP contribution in [-0.2, 0) is 4.79 Å². The molecule has 0 aliphatic carbocycles. The first kappa shape index (κ1) is 10.5. The minimum atomic E-state index is 0.139. The SMILES string of the molecule is CNC(=O)CCCN(C)C1CNC1. The first-order valence-corrected chi connectivity index (χ1v) is 4.85. The number of nitrogens with zero attached hydrogens (tertiary/aromatic N) is 1. The van der Waals surface area contributed by atoms with E-state index in [1.807, 2.05) is 0 Å². The summed E-state index contributed by atoms with van der Waals surface area (Å²) in [6, 6.07) is 0.685. The zero-order chi connectivity index (χ0) is 9.68. The molecule has 0 atom stereocenters. The molecule has 4 heteroatoms. The molecule has 1 saturated heterocycles. The first-order chi connectivity index (χ1) is 6.24. The molecule has 1 heterocycles. The fourth-order valence-corrected chi connectivity index (χ4v) is 1.38. The normalized spacial score (nSPS) is 17.2. The summed E-state index contributed by atoms with van der Waals surface area (Å²) in [5.41, 5.74) is 0. The van der Waals surface area contributed by atoms with Crippen LogP contribution in [0.15, 0.2) is 0 Å². The predicted octanol–water partition coefficient (Wildman–Crippen LogP) is -0.584. The number of nitrogens with one attached hydrogen (secondary N) is 2. The smallest absolute Gasteiger partial charge is 0.219 e. The van der Waals surface area contributed by atoms with Crippen LogP contribution in [0.1, 0.15) is 12.8 Å². The van der Waals surface area contributed by atoms with Gasteiger partial charge in [-0.15, -0.1) is 0 Å². The predicted molar refractivity (Wildman–Crippen MR) is 52.6 cm³/mol. The molecule has 4 nitrogen and oxygen atoms in total. The quantitative estimate of drug-likeness (QED) is 0.602.